The number of benzene rings is 1. The first kappa shape index (κ1) is 13.8. The third kappa shape index (κ3) is 2.68. The summed E-state index contributed by atoms with van der Waals surface area (Å²) in [6.45, 7) is 0.218. The van der Waals surface area contributed by atoms with E-state index in [1.54, 1.807) is 0 Å². The van der Waals surface area contributed by atoms with Gasteiger partial charge < -0.3 is 5.73 Å². The molecule has 1 heterocycles. The zero-order valence-corrected chi connectivity index (χ0v) is 11.2. The van der Waals surface area contributed by atoms with Gasteiger partial charge in [-0.05, 0) is 31.4 Å². The molecule has 100 valence electrons. The largest absolute Gasteiger partial charge is 0.329 e. The fourth-order valence-electron chi connectivity index (χ4n) is 2.41. The molecule has 1 fully saturated rings. The molecule has 1 saturated heterocycles. The second kappa shape index (κ2) is 5.99. The molecule has 0 spiro atoms. The number of hydrogen-bond donors (Lipinski definition) is 1. The van der Waals surface area contributed by atoms with E-state index in [0.29, 0.717) is 6.04 Å². The lowest BCUT2D eigenvalue weighted by Crippen LogP contribution is -2.39. The Kier molecular flexibility index (Phi) is 4.59. The minimum atomic E-state index is -0.511. The van der Waals surface area contributed by atoms with Crippen LogP contribution in [-0.4, -0.2) is 36.0 Å². The molecule has 0 radical (unpaired) electrons. The summed E-state index contributed by atoms with van der Waals surface area (Å²) in [4.78, 5) is 2.02. The van der Waals surface area contributed by atoms with Gasteiger partial charge in [-0.1, -0.05) is 6.07 Å². The van der Waals surface area contributed by atoms with Crippen molar-refractivity contribution < 1.29 is 8.78 Å². The van der Waals surface area contributed by atoms with Crippen LogP contribution in [0.2, 0.25) is 0 Å². The summed E-state index contributed by atoms with van der Waals surface area (Å²) in [5.74, 6) is 1.08. The van der Waals surface area contributed by atoms with Crippen molar-refractivity contribution in [1.82, 2.24) is 4.90 Å². The average molecular weight is 272 g/mol. The Labute approximate surface area is 111 Å². The van der Waals surface area contributed by atoms with Crippen LogP contribution in [0.1, 0.15) is 18.0 Å². The fraction of sp³-hybridized carbons (Fsp3) is 0.538. The molecule has 0 aliphatic carbocycles. The fourth-order valence-corrected chi connectivity index (χ4v) is 3.69. The maximum absolute atomic E-state index is 13.8. The third-order valence-electron chi connectivity index (χ3n) is 3.53. The lowest BCUT2D eigenvalue weighted by molar-refractivity contribution is 0.185. The van der Waals surface area contributed by atoms with Gasteiger partial charge in [0.15, 0.2) is 0 Å². The van der Waals surface area contributed by atoms with Crippen molar-refractivity contribution >= 4 is 11.8 Å². The van der Waals surface area contributed by atoms with Crippen molar-refractivity contribution in [2.45, 2.75) is 18.5 Å². The Bertz CT molecular complexity index is 388. The molecule has 0 bridgehead atoms. The SMILES string of the molecule is CN(C1CCSC1)C(CN)c1c(F)cccc1F. The Morgan fingerprint density at radius 3 is 2.61 bits per heavy atom. The Hall–Kier alpha value is -0.650. The van der Waals surface area contributed by atoms with E-state index in [0.717, 1.165) is 17.9 Å². The molecule has 5 heteroatoms. The van der Waals surface area contributed by atoms with Crippen LogP contribution in [0, 0.1) is 11.6 Å². The van der Waals surface area contributed by atoms with Gasteiger partial charge in [0.25, 0.3) is 0 Å². The Morgan fingerprint density at radius 1 is 1.44 bits per heavy atom. The summed E-state index contributed by atoms with van der Waals surface area (Å²) in [5.41, 5.74) is 5.83. The summed E-state index contributed by atoms with van der Waals surface area (Å²) in [5, 5.41) is 0. The van der Waals surface area contributed by atoms with E-state index in [1.807, 2.05) is 23.7 Å². The molecule has 2 atom stereocenters. The lowest BCUT2D eigenvalue weighted by atomic mass is 10.0. The Morgan fingerprint density at radius 2 is 2.11 bits per heavy atom. The number of hydrogen-bond acceptors (Lipinski definition) is 3. The second-order valence-electron chi connectivity index (χ2n) is 4.57. The second-order valence-corrected chi connectivity index (χ2v) is 5.72. The van der Waals surface area contributed by atoms with Crippen molar-refractivity contribution in [3.05, 3.63) is 35.4 Å². The van der Waals surface area contributed by atoms with Gasteiger partial charge in [0.05, 0.1) is 6.04 Å². The predicted octanol–water partition coefficient (Wildman–Crippen LogP) is 2.40. The van der Waals surface area contributed by atoms with Crippen molar-refractivity contribution in [3.8, 4) is 0 Å². The van der Waals surface area contributed by atoms with E-state index in [9.17, 15) is 8.78 Å². The van der Waals surface area contributed by atoms with Crippen LogP contribution >= 0.6 is 11.8 Å². The van der Waals surface area contributed by atoms with E-state index in [4.69, 9.17) is 5.73 Å². The molecule has 0 aromatic heterocycles. The predicted molar refractivity (Wildman–Crippen MR) is 71.6 cm³/mol. The molecule has 18 heavy (non-hydrogen) atoms. The normalized spacial score (nSPS) is 21.5. The van der Waals surface area contributed by atoms with Gasteiger partial charge in [-0.2, -0.15) is 11.8 Å². The molecule has 1 aliphatic heterocycles. The molecule has 0 amide bonds. The van der Waals surface area contributed by atoms with Gasteiger partial charge in [0.2, 0.25) is 0 Å². The van der Waals surface area contributed by atoms with E-state index in [2.05, 4.69) is 0 Å². The van der Waals surface area contributed by atoms with Gasteiger partial charge in [-0.25, -0.2) is 8.78 Å². The standard InChI is InChI=1S/C13H18F2N2S/c1-17(9-5-6-18-8-9)12(7-16)13-10(14)3-2-4-11(13)15/h2-4,9,12H,5-8,16H2,1H3. The van der Waals surface area contributed by atoms with Crippen LogP contribution in [0.5, 0.6) is 0 Å². The first-order valence-corrected chi connectivity index (χ1v) is 7.24. The molecule has 1 aliphatic rings. The van der Waals surface area contributed by atoms with E-state index in [-0.39, 0.29) is 12.1 Å². The summed E-state index contributed by atoms with van der Waals surface area (Å²) in [7, 11) is 1.90. The maximum Gasteiger partial charge on any atom is 0.130 e. The molecule has 2 nitrogen and oxygen atoms in total. The lowest BCUT2D eigenvalue weighted by Gasteiger charge is -2.32. The molecular weight excluding hydrogens is 254 g/mol. The molecule has 2 rings (SSSR count). The highest BCUT2D eigenvalue weighted by molar-refractivity contribution is 7.99. The van der Waals surface area contributed by atoms with E-state index < -0.39 is 17.7 Å². The molecule has 0 saturated carbocycles. The smallest absolute Gasteiger partial charge is 0.130 e. The number of thioether (sulfide) groups is 1. The van der Waals surface area contributed by atoms with Crippen LogP contribution < -0.4 is 5.73 Å². The van der Waals surface area contributed by atoms with Gasteiger partial charge in [-0.15, -0.1) is 0 Å². The molecular formula is C13H18F2N2S. The molecule has 2 unspecified atom stereocenters. The number of nitrogens with zero attached hydrogens (tertiary/aromatic N) is 1. The number of halogens is 2. The van der Waals surface area contributed by atoms with Crippen molar-refractivity contribution in [1.29, 1.82) is 0 Å². The minimum Gasteiger partial charge on any atom is -0.329 e. The van der Waals surface area contributed by atoms with E-state index in [1.165, 1.54) is 18.2 Å². The van der Waals surface area contributed by atoms with Crippen LogP contribution in [0.3, 0.4) is 0 Å². The molecule has 1 aromatic carbocycles. The molecule has 2 N–H and O–H groups in total. The maximum atomic E-state index is 13.8. The summed E-state index contributed by atoms with van der Waals surface area (Å²) < 4.78 is 27.6. The number of rotatable bonds is 4. The van der Waals surface area contributed by atoms with Crippen LogP contribution in [0.4, 0.5) is 8.78 Å². The zero-order chi connectivity index (χ0) is 13.1. The van der Waals surface area contributed by atoms with Crippen LogP contribution in [-0.2, 0) is 0 Å². The van der Waals surface area contributed by atoms with Crippen molar-refractivity contribution in [3.63, 3.8) is 0 Å². The highest BCUT2D eigenvalue weighted by atomic mass is 32.2. The van der Waals surface area contributed by atoms with Crippen molar-refractivity contribution in [2.75, 3.05) is 25.1 Å². The number of likely N-dealkylation sites (N-methyl/N-ethyl adjacent to an activating group) is 1. The minimum absolute atomic E-state index is 0.0967. The summed E-state index contributed by atoms with van der Waals surface area (Å²) in [6.07, 6.45) is 1.05. The quantitative estimate of drug-likeness (QED) is 0.912. The highest BCUT2D eigenvalue weighted by Crippen LogP contribution is 2.30. The van der Waals surface area contributed by atoms with Crippen LogP contribution in [0.15, 0.2) is 18.2 Å². The number of nitrogens with two attached hydrogens (primary N) is 1. The van der Waals surface area contributed by atoms with Crippen LogP contribution in [0.25, 0.3) is 0 Å². The van der Waals surface area contributed by atoms with Gasteiger partial charge in [0.1, 0.15) is 11.6 Å². The first-order valence-electron chi connectivity index (χ1n) is 6.08. The summed E-state index contributed by atoms with van der Waals surface area (Å²) in [6, 6.07) is 3.92. The summed E-state index contributed by atoms with van der Waals surface area (Å²) >= 11 is 1.87. The third-order valence-corrected chi connectivity index (χ3v) is 4.67. The van der Waals surface area contributed by atoms with Gasteiger partial charge in [0, 0.05) is 23.9 Å². The zero-order valence-electron chi connectivity index (χ0n) is 10.4. The van der Waals surface area contributed by atoms with Gasteiger partial charge in [-0.3, -0.25) is 4.90 Å². The first-order chi connectivity index (χ1) is 8.65. The monoisotopic (exact) mass is 272 g/mol. The molecule has 1 aromatic rings. The Balaban J connectivity index is 2.27. The van der Waals surface area contributed by atoms with Gasteiger partial charge >= 0.3 is 0 Å². The van der Waals surface area contributed by atoms with E-state index >= 15 is 0 Å². The average Bonchev–Trinajstić information content (AvgIpc) is 2.87. The van der Waals surface area contributed by atoms with Crippen molar-refractivity contribution in [2.24, 2.45) is 5.73 Å². The highest BCUT2D eigenvalue weighted by Gasteiger charge is 2.29. The topological polar surface area (TPSA) is 29.3 Å².